The van der Waals surface area contributed by atoms with Crippen LogP contribution in [0.15, 0.2) is 53.7 Å². The fourth-order valence-corrected chi connectivity index (χ4v) is 3.10. The number of para-hydroxylation sites is 2. The van der Waals surface area contributed by atoms with Crippen LogP contribution >= 0.6 is 23.4 Å². The second-order valence-electron chi connectivity index (χ2n) is 5.62. The predicted octanol–water partition coefficient (Wildman–Crippen LogP) is 3.47. The largest absolute Gasteiger partial charge is 0.455 e. The Balaban J connectivity index is 1.47. The molecule has 2 aromatic carbocycles. The molecular formula is C18H13ClN4O5S. The summed E-state index contributed by atoms with van der Waals surface area (Å²) in [6.07, 6.45) is 1.56. The van der Waals surface area contributed by atoms with Gasteiger partial charge in [-0.25, -0.2) is 4.98 Å². The van der Waals surface area contributed by atoms with Crippen molar-refractivity contribution in [3.63, 3.8) is 0 Å². The molecule has 9 nitrogen and oxygen atoms in total. The van der Waals surface area contributed by atoms with E-state index in [2.05, 4.69) is 15.3 Å². The molecule has 11 heteroatoms. The van der Waals surface area contributed by atoms with Crippen molar-refractivity contribution in [3.05, 3.63) is 63.8 Å². The number of nitro groups is 1. The summed E-state index contributed by atoms with van der Waals surface area (Å²) in [7, 11) is 0. The number of hydrogen-bond acceptors (Lipinski definition) is 8. The van der Waals surface area contributed by atoms with Crippen molar-refractivity contribution >= 4 is 57.6 Å². The van der Waals surface area contributed by atoms with Gasteiger partial charge in [-0.2, -0.15) is 0 Å². The third kappa shape index (κ3) is 5.62. The Hall–Kier alpha value is -3.24. The van der Waals surface area contributed by atoms with Crippen LogP contribution in [0.25, 0.3) is 11.0 Å². The van der Waals surface area contributed by atoms with Crippen LogP contribution < -0.4 is 5.32 Å². The van der Waals surface area contributed by atoms with Crippen LogP contribution in [0.5, 0.6) is 0 Å². The van der Waals surface area contributed by atoms with Crippen molar-refractivity contribution < 1.29 is 19.2 Å². The number of thioether (sulfide) groups is 1. The molecule has 0 aliphatic rings. The summed E-state index contributed by atoms with van der Waals surface area (Å²) in [5.41, 5.74) is 1.44. The third-order valence-corrected chi connectivity index (χ3v) is 4.75. The van der Waals surface area contributed by atoms with Gasteiger partial charge in [0.15, 0.2) is 6.61 Å². The molecule has 29 heavy (non-hydrogen) atoms. The summed E-state index contributed by atoms with van der Waals surface area (Å²) in [5.74, 6) is -1.27. The summed E-state index contributed by atoms with van der Waals surface area (Å²) in [4.78, 5) is 42.5. The topological polar surface area (TPSA) is 124 Å². The fraction of sp³-hybridized carbons (Fsp3) is 0.111. The molecule has 0 bridgehead atoms. The summed E-state index contributed by atoms with van der Waals surface area (Å²) >= 11 is 7.04. The number of carbonyl (C=O) groups is 2. The van der Waals surface area contributed by atoms with Crippen LogP contribution in [0.3, 0.4) is 0 Å². The van der Waals surface area contributed by atoms with Gasteiger partial charge in [-0.1, -0.05) is 35.5 Å². The zero-order valence-electron chi connectivity index (χ0n) is 14.7. The minimum atomic E-state index is -0.621. The monoisotopic (exact) mass is 432 g/mol. The molecule has 1 amide bonds. The molecule has 1 aromatic heterocycles. The number of halogens is 1. The zero-order chi connectivity index (χ0) is 20.8. The van der Waals surface area contributed by atoms with Crippen LogP contribution in [0, 0.1) is 10.1 Å². The Kier molecular flexibility index (Phi) is 6.57. The van der Waals surface area contributed by atoms with Crippen LogP contribution in [0.2, 0.25) is 5.02 Å². The number of rotatable bonds is 7. The molecule has 0 saturated carbocycles. The normalized spacial score (nSPS) is 10.5. The van der Waals surface area contributed by atoms with E-state index < -0.39 is 23.4 Å². The van der Waals surface area contributed by atoms with E-state index in [-0.39, 0.29) is 22.2 Å². The predicted molar refractivity (Wildman–Crippen MR) is 108 cm³/mol. The first-order valence-corrected chi connectivity index (χ1v) is 9.53. The average molecular weight is 433 g/mol. The molecule has 0 saturated heterocycles. The minimum Gasteiger partial charge on any atom is -0.455 e. The highest BCUT2D eigenvalue weighted by Crippen LogP contribution is 2.26. The molecule has 0 radical (unpaired) electrons. The van der Waals surface area contributed by atoms with E-state index in [4.69, 9.17) is 16.3 Å². The number of esters is 1. The second-order valence-corrected chi connectivity index (χ2v) is 7.02. The lowest BCUT2D eigenvalue weighted by Crippen LogP contribution is -2.21. The lowest BCUT2D eigenvalue weighted by molar-refractivity contribution is -0.384. The van der Waals surface area contributed by atoms with Crippen molar-refractivity contribution in [1.82, 2.24) is 9.97 Å². The Labute approximate surface area is 173 Å². The van der Waals surface area contributed by atoms with E-state index in [1.807, 2.05) is 24.3 Å². The Morgan fingerprint density at radius 1 is 1.21 bits per heavy atom. The first kappa shape index (κ1) is 20.5. The van der Waals surface area contributed by atoms with E-state index in [1.165, 1.54) is 12.1 Å². The highest BCUT2D eigenvalue weighted by atomic mass is 35.5. The number of carbonyl (C=O) groups excluding carboxylic acids is 2. The number of aromatic nitrogens is 2. The van der Waals surface area contributed by atoms with Gasteiger partial charge in [-0.05, 0) is 18.2 Å². The summed E-state index contributed by atoms with van der Waals surface area (Å²) in [6, 6.07) is 11.0. The molecule has 148 valence electrons. The Bertz CT molecular complexity index is 1090. The highest BCUT2D eigenvalue weighted by molar-refractivity contribution is 7.99. The number of amides is 1. The van der Waals surface area contributed by atoms with Gasteiger partial charge in [0.2, 0.25) is 0 Å². The lowest BCUT2D eigenvalue weighted by atomic mass is 10.3. The van der Waals surface area contributed by atoms with Crippen molar-refractivity contribution in [3.8, 4) is 0 Å². The summed E-state index contributed by atoms with van der Waals surface area (Å²) in [6.45, 7) is -0.518. The number of nitrogens with one attached hydrogen (secondary N) is 1. The molecule has 0 fully saturated rings. The van der Waals surface area contributed by atoms with E-state index in [0.717, 1.165) is 23.3 Å². The van der Waals surface area contributed by atoms with Gasteiger partial charge in [0.1, 0.15) is 5.03 Å². The van der Waals surface area contributed by atoms with Crippen molar-refractivity contribution in [1.29, 1.82) is 0 Å². The Morgan fingerprint density at radius 2 is 1.97 bits per heavy atom. The molecule has 1 N–H and O–H groups in total. The van der Waals surface area contributed by atoms with Gasteiger partial charge >= 0.3 is 5.97 Å². The van der Waals surface area contributed by atoms with E-state index in [0.29, 0.717) is 10.5 Å². The molecule has 0 unspecified atom stereocenters. The smallest absolute Gasteiger partial charge is 0.316 e. The van der Waals surface area contributed by atoms with Crippen molar-refractivity contribution in [2.24, 2.45) is 0 Å². The minimum absolute atomic E-state index is 0.00399. The molecular weight excluding hydrogens is 420 g/mol. The van der Waals surface area contributed by atoms with Crippen LogP contribution in [0.1, 0.15) is 0 Å². The molecule has 0 spiro atoms. The average Bonchev–Trinajstić information content (AvgIpc) is 2.72. The van der Waals surface area contributed by atoms with Crippen molar-refractivity contribution in [2.75, 3.05) is 17.7 Å². The van der Waals surface area contributed by atoms with Crippen LogP contribution in [-0.4, -0.2) is 39.1 Å². The van der Waals surface area contributed by atoms with E-state index >= 15 is 0 Å². The molecule has 0 atom stereocenters. The first-order chi connectivity index (χ1) is 13.9. The number of nitrogens with zero attached hydrogens (tertiary/aromatic N) is 3. The van der Waals surface area contributed by atoms with Gasteiger partial charge in [0.25, 0.3) is 11.6 Å². The summed E-state index contributed by atoms with van der Waals surface area (Å²) < 4.78 is 4.92. The number of anilines is 1. The zero-order valence-corrected chi connectivity index (χ0v) is 16.3. The second kappa shape index (κ2) is 9.30. The van der Waals surface area contributed by atoms with Gasteiger partial charge < -0.3 is 10.1 Å². The van der Waals surface area contributed by atoms with Gasteiger partial charge in [0.05, 0.1) is 38.6 Å². The molecule has 0 aliphatic heterocycles. The maximum Gasteiger partial charge on any atom is 0.316 e. The fourth-order valence-electron chi connectivity index (χ4n) is 2.24. The van der Waals surface area contributed by atoms with Crippen LogP contribution in [0.4, 0.5) is 11.4 Å². The van der Waals surface area contributed by atoms with Gasteiger partial charge in [0, 0.05) is 12.1 Å². The number of ether oxygens (including phenoxy) is 1. The molecule has 0 aliphatic carbocycles. The van der Waals surface area contributed by atoms with E-state index in [9.17, 15) is 19.7 Å². The standard InChI is InChI=1S/C18H13ClN4O5S/c19-12-7-11(23(26)27)5-6-13(12)21-16(24)9-28-18(25)10-29-17-8-20-14-3-1-2-4-15(14)22-17/h1-8H,9-10H2,(H,21,24). The lowest BCUT2D eigenvalue weighted by Gasteiger charge is -2.08. The quantitative estimate of drug-likeness (QED) is 0.260. The number of nitro benzene ring substituents is 1. The van der Waals surface area contributed by atoms with Gasteiger partial charge in [-0.3, -0.25) is 24.7 Å². The number of non-ortho nitro benzene ring substituents is 1. The molecule has 3 rings (SSSR count). The third-order valence-electron chi connectivity index (χ3n) is 3.57. The number of benzene rings is 2. The maximum atomic E-state index is 11.9. The molecule has 3 aromatic rings. The summed E-state index contributed by atoms with van der Waals surface area (Å²) in [5, 5.41) is 13.7. The van der Waals surface area contributed by atoms with E-state index in [1.54, 1.807) is 6.20 Å². The first-order valence-electron chi connectivity index (χ1n) is 8.16. The molecule has 1 heterocycles. The maximum absolute atomic E-state index is 11.9. The van der Waals surface area contributed by atoms with Crippen LogP contribution in [-0.2, 0) is 14.3 Å². The number of hydrogen-bond donors (Lipinski definition) is 1. The Morgan fingerprint density at radius 3 is 2.69 bits per heavy atom. The SMILES string of the molecule is O=C(COC(=O)CSc1cnc2ccccc2n1)Nc1ccc([N+](=O)[O-])cc1Cl. The van der Waals surface area contributed by atoms with Gasteiger partial charge in [-0.15, -0.1) is 0 Å². The van der Waals surface area contributed by atoms with Crippen molar-refractivity contribution in [2.45, 2.75) is 5.03 Å². The highest BCUT2D eigenvalue weighted by Gasteiger charge is 2.13. The number of fused-ring (bicyclic) bond motifs is 1.